The predicted octanol–water partition coefficient (Wildman–Crippen LogP) is 1.47. The van der Waals surface area contributed by atoms with Crippen molar-refractivity contribution in [3.63, 3.8) is 0 Å². The number of carbonyl (C=O) groups excluding carboxylic acids is 2. The number of amides is 2. The third-order valence-electron chi connectivity index (χ3n) is 5.80. The quantitative estimate of drug-likeness (QED) is 0.804. The number of benzene rings is 1. The van der Waals surface area contributed by atoms with Crippen LogP contribution in [-0.2, 0) is 4.74 Å². The maximum absolute atomic E-state index is 12.9. The van der Waals surface area contributed by atoms with Gasteiger partial charge in [-0.05, 0) is 43.7 Å². The normalized spacial score (nSPS) is 24.2. The SMILES string of the molecule is O=C(c1ccc(C(=O)N2CCN3CCCC[C@H]3C2)cc1)N1CCOCC1. The van der Waals surface area contributed by atoms with Crippen LogP contribution in [0.3, 0.4) is 0 Å². The van der Waals surface area contributed by atoms with Gasteiger partial charge in [-0.2, -0.15) is 0 Å². The first-order valence-corrected chi connectivity index (χ1v) is 9.73. The summed E-state index contributed by atoms with van der Waals surface area (Å²) in [6, 6.07) is 7.67. The molecule has 0 unspecified atom stereocenters. The number of piperidine rings is 1. The van der Waals surface area contributed by atoms with Gasteiger partial charge < -0.3 is 14.5 Å². The maximum atomic E-state index is 12.9. The molecule has 6 nitrogen and oxygen atoms in total. The zero-order valence-corrected chi connectivity index (χ0v) is 15.2. The van der Waals surface area contributed by atoms with Gasteiger partial charge in [-0.15, -0.1) is 0 Å². The second-order valence-corrected chi connectivity index (χ2v) is 7.42. The lowest BCUT2D eigenvalue weighted by Gasteiger charge is -2.44. The van der Waals surface area contributed by atoms with Crippen molar-refractivity contribution in [1.82, 2.24) is 14.7 Å². The molecule has 1 aromatic carbocycles. The van der Waals surface area contributed by atoms with E-state index in [1.807, 2.05) is 9.80 Å². The Hall–Kier alpha value is -1.92. The molecule has 2 amide bonds. The minimum Gasteiger partial charge on any atom is -0.378 e. The van der Waals surface area contributed by atoms with Crippen molar-refractivity contribution in [2.75, 3.05) is 52.5 Å². The number of piperazine rings is 1. The van der Waals surface area contributed by atoms with Crippen LogP contribution >= 0.6 is 0 Å². The van der Waals surface area contributed by atoms with E-state index in [1.165, 1.54) is 25.8 Å². The summed E-state index contributed by atoms with van der Waals surface area (Å²) in [6.07, 6.45) is 3.74. The zero-order chi connectivity index (χ0) is 17.9. The molecular weight excluding hydrogens is 330 g/mol. The molecule has 6 heteroatoms. The monoisotopic (exact) mass is 357 g/mol. The molecule has 0 saturated carbocycles. The summed E-state index contributed by atoms with van der Waals surface area (Å²) in [4.78, 5) is 31.7. The summed E-state index contributed by atoms with van der Waals surface area (Å²) in [5.74, 6) is 0.101. The lowest BCUT2D eigenvalue weighted by Crippen LogP contribution is -2.56. The highest BCUT2D eigenvalue weighted by atomic mass is 16.5. The fraction of sp³-hybridized carbons (Fsp3) is 0.600. The van der Waals surface area contributed by atoms with Crippen LogP contribution in [0.2, 0.25) is 0 Å². The summed E-state index contributed by atoms with van der Waals surface area (Å²) in [5.41, 5.74) is 1.31. The van der Waals surface area contributed by atoms with Gasteiger partial charge >= 0.3 is 0 Å². The average Bonchev–Trinajstić information content (AvgIpc) is 2.73. The third kappa shape index (κ3) is 3.62. The topological polar surface area (TPSA) is 53.1 Å². The minimum absolute atomic E-state index is 0.0168. The Bertz CT molecular complexity index is 655. The van der Waals surface area contributed by atoms with E-state index in [1.54, 1.807) is 24.3 Å². The van der Waals surface area contributed by atoms with Crippen molar-refractivity contribution >= 4 is 11.8 Å². The first-order chi connectivity index (χ1) is 12.7. The fourth-order valence-electron chi connectivity index (χ4n) is 4.23. The van der Waals surface area contributed by atoms with E-state index in [2.05, 4.69) is 4.90 Å². The van der Waals surface area contributed by atoms with Gasteiger partial charge in [0, 0.05) is 49.9 Å². The van der Waals surface area contributed by atoms with Crippen molar-refractivity contribution in [3.05, 3.63) is 35.4 Å². The maximum Gasteiger partial charge on any atom is 0.254 e. The Morgan fingerprint density at radius 3 is 2.15 bits per heavy atom. The van der Waals surface area contributed by atoms with Crippen LogP contribution < -0.4 is 0 Å². The lowest BCUT2D eigenvalue weighted by atomic mass is 9.99. The first-order valence-electron chi connectivity index (χ1n) is 9.73. The highest BCUT2D eigenvalue weighted by molar-refractivity contribution is 5.98. The molecule has 0 N–H and O–H groups in total. The average molecular weight is 357 g/mol. The third-order valence-corrected chi connectivity index (χ3v) is 5.80. The highest BCUT2D eigenvalue weighted by Gasteiger charge is 2.31. The Labute approximate surface area is 154 Å². The molecule has 140 valence electrons. The molecule has 0 bridgehead atoms. The summed E-state index contributed by atoms with van der Waals surface area (Å²) in [7, 11) is 0. The fourth-order valence-corrected chi connectivity index (χ4v) is 4.23. The smallest absolute Gasteiger partial charge is 0.254 e. The van der Waals surface area contributed by atoms with E-state index in [4.69, 9.17) is 4.74 Å². The van der Waals surface area contributed by atoms with Crippen molar-refractivity contribution in [2.24, 2.45) is 0 Å². The van der Waals surface area contributed by atoms with Crippen LogP contribution in [-0.4, -0.2) is 85.0 Å². The van der Waals surface area contributed by atoms with Gasteiger partial charge in [-0.1, -0.05) is 6.42 Å². The number of hydrogen-bond acceptors (Lipinski definition) is 4. The lowest BCUT2D eigenvalue weighted by molar-refractivity contribution is 0.0302. The predicted molar refractivity (Wildman–Crippen MR) is 98.3 cm³/mol. The number of morpholine rings is 1. The molecule has 0 radical (unpaired) electrons. The van der Waals surface area contributed by atoms with Gasteiger partial charge in [0.05, 0.1) is 13.2 Å². The largest absolute Gasteiger partial charge is 0.378 e. The summed E-state index contributed by atoms with van der Waals surface area (Å²) in [5, 5.41) is 0. The molecule has 0 aromatic heterocycles. The molecule has 0 spiro atoms. The van der Waals surface area contributed by atoms with E-state index >= 15 is 0 Å². The zero-order valence-electron chi connectivity index (χ0n) is 15.2. The standard InChI is InChI=1S/C20H27N3O3/c24-19(22-11-13-26-14-12-22)16-4-6-17(7-5-16)20(25)23-10-9-21-8-2-1-3-18(21)15-23/h4-7,18H,1-3,8-15H2/t18-/m0/s1. The van der Waals surface area contributed by atoms with Gasteiger partial charge in [0.25, 0.3) is 11.8 Å². The number of carbonyl (C=O) groups is 2. The minimum atomic E-state index is 0.0168. The van der Waals surface area contributed by atoms with Gasteiger partial charge in [0.15, 0.2) is 0 Å². The molecule has 3 heterocycles. The van der Waals surface area contributed by atoms with Crippen LogP contribution in [0.15, 0.2) is 24.3 Å². The second-order valence-electron chi connectivity index (χ2n) is 7.42. The van der Waals surface area contributed by atoms with Crippen molar-refractivity contribution < 1.29 is 14.3 Å². The Morgan fingerprint density at radius 1 is 0.808 bits per heavy atom. The molecule has 26 heavy (non-hydrogen) atoms. The number of fused-ring (bicyclic) bond motifs is 1. The van der Waals surface area contributed by atoms with Gasteiger partial charge in [-0.3, -0.25) is 14.5 Å². The first kappa shape index (κ1) is 17.5. The van der Waals surface area contributed by atoms with Crippen LogP contribution in [0.4, 0.5) is 0 Å². The Balaban J connectivity index is 1.40. The molecule has 3 aliphatic heterocycles. The Kier molecular flexibility index (Phi) is 5.22. The van der Waals surface area contributed by atoms with Gasteiger partial charge in [-0.25, -0.2) is 0 Å². The summed E-state index contributed by atoms with van der Waals surface area (Å²) in [6.45, 7) is 6.22. The van der Waals surface area contributed by atoms with Crippen molar-refractivity contribution in [2.45, 2.75) is 25.3 Å². The van der Waals surface area contributed by atoms with Crippen molar-refractivity contribution in [1.29, 1.82) is 0 Å². The van der Waals surface area contributed by atoms with E-state index in [-0.39, 0.29) is 11.8 Å². The van der Waals surface area contributed by atoms with Crippen LogP contribution in [0.1, 0.15) is 40.0 Å². The Morgan fingerprint density at radius 2 is 1.46 bits per heavy atom. The number of hydrogen-bond donors (Lipinski definition) is 0. The van der Waals surface area contributed by atoms with Crippen LogP contribution in [0.25, 0.3) is 0 Å². The van der Waals surface area contributed by atoms with Gasteiger partial charge in [0.2, 0.25) is 0 Å². The van der Waals surface area contributed by atoms with Crippen LogP contribution in [0, 0.1) is 0 Å². The molecule has 4 rings (SSSR count). The van der Waals surface area contributed by atoms with E-state index in [9.17, 15) is 9.59 Å². The number of rotatable bonds is 2. The summed E-state index contributed by atoms with van der Waals surface area (Å²) < 4.78 is 5.29. The van der Waals surface area contributed by atoms with E-state index in [0.29, 0.717) is 43.5 Å². The summed E-state index contributed by atoms with van der Waals surface area (Å²) >= 11 is 0. The highest BCUT2D eigenvalue weighted by Crippen LogP contribution is 2.22. The number of ether oxygens (including phenoxy) is 1. The molecule has 3 fully saturated rings. The second kappa shape index (κ2) is 7.76. The van der Waals surface area contributed by atoms with E-state index < -0.39 is 0 Å². The molecule has 1 aromatic rings. The molecule has 1 atom stereocenters. The van der Waals surface area contributed by atoms with Crippen molar-refractivity contribution in [3.8, 4) is 0 Å². The molecular formula is C20H27N3O3. The van der Waals surface area contributed by atoms with Crippen LogP contribution in [0.5, 0.6) is 0 Å². The van der Waals surface area contributed by atoms with E-state index in [0.717, 1.165) is 19.6 Å². The molecule has 3 saturated heterocycles. The molecule has 0 aliphatic carbocycles. The molecule has 3 aliphatic rings. The van der Waals surface area contributed by atoms with Gasteiger partial charge in [0.1, 0.15) is 0 Å². The number of nitrogens with zero attached hydrogens (tertiary/aromatic N) is 3.